The van der Waals surface area contributed by atoms with E-state index < -0.39 is 25.9 Å². The second-order valence-electron chi connectivity index (χ2n) is 8.38. The van der Waals surface area contributed by atoms with Gasteiger partial charge in [-0.15, -0.1) is 3.89 Å². The molecule has 0 aromatic heterocycles. The molecule has 0 radical (unpaired) electrons. The molecule has 32 heavy (non-hydrogen) atoms. The third-order valence-electron chi connectivity index (χ3n) is 5.86. The van der Waals surface area contributed by atoms with Gasteiger partial charge in [-0.3, -0.25) is 4.79 Å². The van der Waals surface area contributed by atoms with E-state index in [1.54, 1.807) is 12.1 Å². The van der Waals surface area contributed by atoms with Gasteiger partial charge in [-0.25, -0.2) is 4.79 Å². The van der Waals surface area contributed by atoms with Crippen molar-refractivity contribution in [2.24, 2.45) is 0 Å². The number of hydrogen-bond acceptors (Lipinski definition) is 4. The number of rotatable bonds is 7. The van der Waals surface area contributed by atoms with Crippen LogP contribution < -0.4 is 0 Å². The lowest BCUT2D eigenvalue weighted by Gasteiger charge is -2.33. The first-order valence-corrected chi connectivity index (χ1v) is 12.2. The summed E-state index contributed by atoms with van der Waals surface area (Å²) in [6.07, 6.45) is 1.70. The lowest BCUT2D eigenvalue weighted by Crippen LogP contribution is -2.61. The summed E-state index contributed by atoms with van der Waals surface area (Å²) in [6.45, 7) is 3.69. The number of carbonyl (C=O) groups excluding carboxylic acids is 2. The number of amides is 1. The standard InChI is InChI=1S/C26H28NO4S/c1-19-14-20(2)16-24(15-19)26(29)27(3,32(4,30)31)25(18-28)17-21-10-12-23(13-11-21)22-8-6-5-7-9-22/h5-16,18,25H,17H2,1-4H3/q+1/t25-,27?/m0/s1. The van der Waals surface area contributed by atoms with Crippen LogP contribution in [0.2, 0.25) is 0 Å². The van der Waals surface area contributed by atoms with E-state index in [1.165, 1.54) is 7.05 Å². The third kappa shape index (κ3) is 4.71. The summed E-state index contributed by atoms with van der Waals surface area (Å²) in [4.78, 5) is 25.6. The second-order valence-corrected chi connectivity index (χ2v) is 10.6. The minimum Gasteiger partial charge on any atom is -0.297 e. The Morgan fingerprint density at radius 1 is 0.906 bits per heavy atom. The highest BCUT2D eigenvalue weighted by Crippen LogP contribution is 2.26. The van der Waals surface area contributed by atoms with Gasteiger partial charge in [0.15, 0.2) is 12.3 Å². The average molecular weight is 451 g/mol. The van der Waals surface area contributed by atoms with Crippen LogP contribution in [0.3, 0.4) is 0 Å². The van der Waals surface area contributed by atoms with Crippen LogP contribution in [0.4, 0.5) is 0 Å². The molecule has 3 rings (SSSR count). The van der Waals surface area contributed by atoms with Gasteiger partial charge in [-0.05, 0) is 53.8 Å². The zero-order valence-electron chi connectivity index (χ0n) is 18.8. The molecular formula is C26H28NO4S+. The Hall–Kier alpha value is -3.09. The van der Waals surface area contributed by atoms with E-state index in [0.29, 0.717) is 6.29 Å². The highest BCUT2D eigenvalue weighted by Gasteiger charge is 2.49. The Kier molecular flexibility index (Phi) is 6.77. The number of sulfonamides is 1. The predicted molar refractivity (Wildman–Crippen MR) is 127 cm³/mol. The molecule has 1 unspecified atom stereocenters. The third-order valence-corrected chi connectivity index (χ3v) is 7.67. The minimum absolute atomic E-state index is 0.124. The maximum Gasteiger partial charge on any atom is 0.361 e. The van der Waals surface area contributed by atoms with Crippen molar-refractivity contribution in [3.05, 3.63) is 95.1 Å². The molecule has 3 aromatic rings. The molecule has 166 valence electrons. The Bertz CT molecular complexity index is 1210. The molecule has 0 N–H and O–H groups in total. The quantitative estimate of drug-likeness (QED) is 0.397. The minimum atomic E-state index is -3.96. The van der Waals surface area contributed by atoms with E-state index in [1.807, 2.05) is 74.5 Å². The van der Waals surface area contributed by atoms with E-state index in [2.05, 4.69) is 0 Å². The lowest BCUT2D eigenvalue weighted by molar-refractivity contribution is -0.714. The maximum atomic E-state index is 13.5. The number of quaternary nitrogens is 1. The molecule has 0 heterocycles. The van der Waals surface area contributed by atoms with Crippen LogP contribution in [0.5, 0.6) is 0 Å². The van der Waals surface area contributed by atoms with Crippen molar-refractivity contribution < 1.29 is 21.9 Å². The molecule has 0 aliphatic carbocycles. The second kappa shape index (κ2) is 9.18. The molecule has 6 heteroatoms. The summed E-state index contributed by atoms with van der Waals surface area (Å²) in [5.74, 6) is -0.614. The van der Waals surface area contributed by atoms with Crippen LogP contribution in [0, 0.1) is 13.8 Å². The van der Waals surface area contributed by atoms with Crippen LogP contribution in [-0.2, 0) is 21.2 Å². The summed E-state index contributed by atoms with van der Waals surface area (Å²) in [5.41, 5.74) is 4.85. The normalized spacial score (nSPS) is 14.4. The molecule has 0 aliphatic heterocycles. The van der Waals surface area contributed by atoms with Gasteiger partial charge in [-0.1, -0.05) is 60.7 Å². The van der Waals surface area contributed by atoms with Gasteiger partial charge in [0, 0.05) is 6.42 Å². The fourth-order valence-electron chi connectivity index (χ4n) is 3.95. The molecule has 0 saturated carbocycles. The number of benzene rings is 3. The van der Waals surface area contributed by atoms with E-state index >= 15 is 0 Å². The Balaban J connectivity index is 1.97. The van der Waals surface area contributed by atoms with E-state index in [9.17, 15) is 18.0 Å². The fraction of sp³-hybridized carbons (Fsp3) is 0.231. The van der Waals surface area contributed by atoms with E-state index in [0.717, 1.165) is 34.1 Å². The summed E-state index contributed by atoms with van der Waals surface area (Å²) in [6, 6.07) is 21.6. The predicted octanol–water partition coefficient (Wildman–Crippen LogP) is 4.33. The van der Waals surface area contributed by atoms with Crippen LogP contribution >= 0.6 is 0 Å². The van der Waals surface area contributed by atoms with Crippen molar-refractivity contribution in [3.8, 4) is 11.1 Å². The largest absolute Gasteiger partial charge is 0.361 e. The zero-order chi connectivity index (χ0) is 23.5. The van der Waals surface area contributed by atoms with Crippen molar-refractivity contribution in [1.82, 2.24) is 0 Å². The molecule has 0 aliphatic rings. The van der Waals surface area contributed by atoms with Gasteiger partial charge >= 0.3 is 15.9 Å². The molecule has 0 spiro atoms. The Morgan fingerprint density at radius 3 is 1.94 bits per heavy atom. The number of aldehydes is 1. The SMILES string of the molecule is Cc1cc(C)cc(C(=O)[N+](C)([C@H](C=O)Cc2ccc(-c3ccccc3)cc2)S(C)(=O)=O)c1. The van der Waals surface area contributed by atoms with Crippen LogP contribution in [-0.4, -0.2) is 43.8 Å². The van der Waals surface area contributed by atoms with Crippen LogP contribution in [0.25, 0.3) is 11.1 Å². The molecule has 0 bridgehead atoms. The summed E-state index contributed by atoms with van der Waals surface area (Å²) in [7, 11) is -2.65. The first-order chi connectivity index (χ1) is 15.1. The number of aryl methyl sites for hydroxylation is 2. The molecule has 3 aromatic carbocycles. The highest BCUT2D eigenvalue weighted by atomic mass is 32.2. The van der Waals surface area contributed by atoms with Crippen molar-refractivity contribution in [3.63, 3.8) is 0 Å². The first kappa shape index (κ1) is 23.6. The maximum absolute atomic E-state index is 13.5. The monoisotopic (exact) mass is 450 g/mol. The van der Waals surface area contributed by atoms with Gasteiger partial charge in [0.25, 0.3) is 0 Å². The molecule has 0 fully saturated rings. The van der Waals surface area contributed by atoms with Gasteiger partial charge in [-0.2, -0.15) is 8.42 Å². The Labute approximate surface area is 190 Å². The van der Waals surface area contributed by atoms with Crippen LogP contribution in [0.15, 0.2) is 72.8 Å². The number of hydrogen-bond donors (Lipinski definition) is 0. The molecule has 0 saturated heterocycles. The molecular weight excluding hydrogens is 422 g/mol. The van der Waals surface area contributed by atoms with Crippen molar-refractivity contribution in [2.45, 2.75) is 26.3 Å². The first-order valence-electron chi connectivity index (χ1n) is 10.4. The van der Waals surface area contributed by atoms with Crippen molar-refractivity contribution in [1.29, 1.82) is 0 Å². The van der Waals surface area contributed by atoms with Crippen molar-refractivity contribution in [2.75, 3.05) is 13.3 Å². The number of nitrogens with zero attached hydrogens (tertiary/aromatic N) is 1. The Morgan fingerprint density at radius 2 is 1.44 bits per heavy atom. The number of likely N-dealkylation sites (N-methyl/N-ethyl adjacent to an activating group) is 1. The fourth-order valence-corrected chi connectivity index (χ4v) is 4.97. The van der Waals surface area contributed by atoms with E-state index in [4.69, 9.17) is 0 Å². The van der Waals surface area contributed by atoms with E-state index in [-0.39, 0.29) is 12.0 Å². The highest BCUT2D eigenvalue weighted by molar-refractivity contribution is 7.85. The summed E-state index contributed by atoms with van der Waals surface area (Å²) < 4.78 is 24.7. The summed E-state index contributed by atoms with van der Waals surface area (Å²) >= 11 is 0. The van der Waals surface area contributed by atoms with Gasteiger partial charge in [0.2, 0.25) is 0 Å². The zero-order valence-corrected chi connectivity index (χ0v) is 19.6. The van der Waals surface area contributed by atoms with Gasteiger partial charge < -0.3 is 0 Å². The van der Waals surface area contributed by atoms with Gasteiger partial charge in [0.05, 0.1) is 18.9 Å². The topological polar surface area (TPSA) is 68.3 Å². The average Bonchev–Trinajstić information content (AvgIpc) is 2.76. The lowest BCUT2D eigenvalue weighted by atomic mass is 10.00. The molecule has 5 nitrogen and oxygen atoms in total. The smallest absolute Gasteiger partial charge is 0.297 e. The van der Waals surface area contributed by atoms with Gasteiger partial charge in [0.1, 0.15) is 0 Å². The van der Waals surface area contributed by atoms with Crippen LogP contribution in [0.1, 0.15) is 27.0 Å². The summed E-state index contributed by atoms with van der Waals surface area (Å²) in [5, 5.41) is 0. The number of carbonyl (C=O) groups is 2. The van der Waals surface area contributed by atoms with Crippen molar-refractivity contribution >= 4 is 22.2 Å². The molecule has 2 atom stereocenters. The molecule has 1 amide bonds.